The van der Waals surface area contributed by atoms with Crippen molar-refractivity contribution in [3.8, 4) is 16.2 Å². The second-order valence-electron chi connectivity index (χ2n) is 10.3. The maximum absolute atomic E-state index is 13.3. The van der Waals surface area contributed by atoms with Crippen LogP contribution in [0.4, 0.5) is 0 Å². The van der Waals surface area contributed by atoms with E-state index in [1.807, 2.05) is 37.3 Å². The number of hydrogen-bond donors (Lipinski definition) is 2. The lowest BCUT2D eigenvalue weighted by Crippen LogP contribution is -2.35. The van der Waals surface area contributed by atoms with Crippen LogP contribution in [0, 0.1) is 6.92 Å². The van der Waals surface area contributed by atoms with Crippen LogP contribution in [-0.2, 0) is 5.54 Å². The lowest BCUT2D eigenvalue weighted by Gasteiger charge is -2.24. The molecule has 1 saturated heterocycles. The fourth-order valence-electron chi connectivity index (χ4n) is 4.77. The maximum atomic E-state index is 13.3. The highest BCUT2D eigenvalue weighted by atomic mass is 32.1. The number of likely N-dealkylation sites (tertiary alicyclic amines) is 1. The third-order valence-electron chi connectivity index (χ3n) is 7.43. The Morgan fingerprint density at radius 1 is 1.16 bits per heavy atom. The molecule has 38 heavy (non-hydrogen) atoms. The Bertz CT molecular complexity index is 1450. The van der Waals surface area contributed by atoms with Crippen LogP contribution in [0.3, 0.4) is 0 Å². The number of amides is 1. The number of pyridine rings is 1. The Hall–Kier alpha value is -3.26. The SMILES string of the molecule is CN1CCC1.COc1ccc(C)c(C(=O)NC2(c3cc(-c4ccc(C(C)O)s4)cc4ncccc34)CC2)c1. The molecule has 1 aliphatic carbocycles. The van der Waals surface area contributed by atoms with E-state index in [2.05, 4.69) is 40.4 Å². The number of hydrogen-bond acceptors (Lipinski definition) is 6. The van der Waals surface area contributed by atoms with Gasteiger partial charge in [-0.05, 0) is 112 Å². The summed E-state index contributed by atoms with van der Waals surface area (Å²) in [5.74, 6) is 0.567. The molecule has 6 rings (SSSR count). The highest BCUT2D eigenvalue weighted by Gasteiger charge is 2.47. The number of thiophene rings is 1. The van der Waals surface area contributed by atoms with E-state index in [0.717, 1.165) is 50.2 Å². The van der Waals surface area contributed by atoms with E-state index in [9.17, 15) is 9.90 Å². The first-order valence-electron chi connectivity index (χ1n) is 13.1. The van der Waals surface area contributed by atoms with Gasteiger partial charge in [-0.15, -0.1) is 11.3 Å². The number of nitrogens with zero attached hydrogens (tertiary/aromatic N) is 2. The number of carbonyl (C=O) groups is 1. The molecule has 2 fully saturated rings. The summed E-state index contributed by atoms with van der Waals surface area (Å²) < 4.78 is 5.33. The molecule has 1 amide bonds. The molecule has 1 unspecified atom stereocenters. The van der Waals surface area contributed by atoms with Crippen molar-refractivity contribution >= 4 is 28.1 Å². The van der Waals surface area contributed by atoms with Crippen LogP contribution in [-0.4, -0.2) is 48.1 Å². The van der Waals surface area contributed by atoms with Crippen molar-refractivity contribution in [2.45, 2.75) is 44.8 Å². The predicted molar refractivity (Wildman–Crippen MR) is 154 cm³/mol. The minimum absolute atomic E-state index is 0.0983. The van der Waals surface area contributed by atoms with Crippen molar-refractivity contribution < 1.29 is 14.6 Å². The number of ether oxygens (including phenoxy) is 1. The number of benzene rings is 2. The topological polar surface area (TPSA) is 74.7 Å². The van der Waals surface area contributed by atoms with Gasteiger partial charge in [0.15, 0.2) is 0 Å². The largest absolute Gasteiger partial charge is 0.497 e. The van der Waals surface area contributed by atoms with Crippen molar-refractivity contribution in [2.75, 3.05) is 27.2 Å². The summed E-state index contributed by atoms with van der Waals surface area (Å²) in [6, 6.07) is 17.8. The zero-order valence-corrected chi connectivity index (χ0v) is 23.3. The molecule has 0 spiro atoms. The van der Waals surface area contributed by atoms with Crippen molar-refractivity contribution in [1.82, 2.24) is 15.2 Å². The zero-order valence-electron chi connectivity index (χ0n) is 22.5. The van der Waals surface area contributed by atoms with Gasteiger partial charge in [0, 0.05) is 26.9 Å². The van der Waals surface area contributed by atoms with Gasteiger partial charge in [0.25, 0.3) is 5.91 Å². The molecule has 4 aromatic rings. The molecule has 2 aromatic carbocycles. The van der Waals surface area contributed by atoms with Gasteiger partial charge in [0.1, 0.15) is 5.75 Å². The highest BCUT2D eigenvalue weighted by Crippen LogP contribution is 2.49. The molecule has 2 N–H and O–H groups in total. The van der Waals surface area contributed by atoms with Crippen LogP contribution >= 0.6 is 11.3 Å². The van der Waals surface area contributed by atoms with E-state index in [-0.39, 0.29) is 5.91 Å². The fourth-order valence-corrected chi connectivity index (χ4v) is 5.70. The third-order valence-corrected chi connectivity index (χ3v) is 8.74. The minimum atomic E-state index is -0.498. The van der Waals surface area contributed by atoms with Gasteiger partial charge in [-0.25, -0.2) is 0 Å². The van der Waals surface area contributed by atoms with E-state index in [1.165, 1.54) is 19.5 Å². The average Bonchev–Trinajstić information content (AvgIpc) is 3.50. The van der Waals surface area contributed by atoms with Crippen molar-refractivity contribution in [3.63, 3.8) is 0 Å². The maximum Gasteiger partial charge on any atom is 0.252 e. The first-order valence-corrected chi connectivity index (χ1v) is 13.9. The van der Waals surface area contributed by atoms with Gasteiger partial charge in [-0.2, -0.15) is 0 Å². The van der Waals surface area contributed by atoms with Crippen molar-refractivity contribution in [1.29, 1.82) is 0 Å². The summed E-state index contributed by atoms with van der Waals surface area (Å²) in [4.78, 5) is 22.2. The normalized spacial score (nSPS) is 16.7. The molecule has 2 aromatic heterocycles. The second kappa shape index (κ2) is 10.8. The number of aliphatic hydroxyl groups excluding tert-OH is 1. The first-order chi connectivity index (χ1) is 18.3. The summed E-state index contributed by atoms with van der Waals surface area (Å²) >= 11 is 1.58. The molecule has 0 radical (unpaired) electrons. The van der Waals surface area contributed by atoms with Gasteiger partial charge in [0.05, 0.1) is 24.3 Å². The monoisotopic (exact) mass is 529 g/mol. The molecule has 6 nitrogen and oxygen atoms in total. The molecule has 1 atom stereocenters. The summed E-state index contributed by atoms with van der Waals surface area (Å²) in [5, 5.41) is 14.3. The van der Waals surface area contributed by atoms with E-state index < -0.39 is 11.6 Å². The van der Waals surface area contributed by atoms with E-state index in [0.29, 0.717) is 11.3 Å². The van der Waals surface area contributed by atoms with Crippen LogP contribution in [0.25, 0.3) is 21.3 Å². The highest BCUT2D eigenvalue weighted by molar-refractivity contribution is 7.15. The van der Waals surface area contributed by atoms with Crippen LogP contribution in [0.5, 0.6) is 5.75 Å². The summed E-state index contributed by atoms with van der Waals surface area (Å²) in [6.45, 7) is 6.35. The Morgan fingerprint density at radius 2 is 1.92 bits per heavy atom. The van der Waals surface area contributed by atoms with Crippen LogP contribution < -0.4 is 10.1 Å². The van der Waals surface area contributed by atoms with Crippen molar-refractivity contribution in [3.05, 3.63) is 82.4 Å². The number of methoxy groups -OCH3 is 1. The number of aliphatic hydroxyl groups is 1. The zero-order chi connectivity index (χ0) is 26.9. The quantitative estimate of drug-likeness (QED) is 0.317. The average molecular weight is 530 g/mol. The molecule has 7 heteroatoms. The molecule has 2 aliphatic rings. The minimum Gasteiger partial charge on any atom is -0.497 e. The van der Waals surface area contributed by atoms with E-state index in [4.69, 9.17) is 4.74 Å². The van der Waals surface area contributed by atoms with Gasteiger partial charge in [-0.1, -0.05) is 12.1 Å². The molecule has 198 valence electrons. The molecule has 1 aliphatic heterocycles. The summed E-state index contributed by atoms with van der Waals surface area (Å²) in [6.07, 6.45) is 4.46. The molecule has 0 bridgehead atoms. The van der Waals surface area contributed by atoms with Gasteiger partial charge < -0.3 is 20.1 Å². The fraction of sp³-hybridized carbons (Fsp3) is 0.355. The predicted octanol–water partition coefficient (Wildman–Crippen LogP) is 6.07. The molecular formula is C31H35N3O3S. The van der Waals surface area contributed by atoms with Crippen LogP contribution in [0.15, 0.2) is 60.8 Å². The third kappa shape index (κ3) is 5.46. The van der Waals surface area contributed by atoms with Crippen LogP contribution in [0.1, 0.15) is 58.7 Å². The Labute approximate surface area is 228 Å². The molecule has 1 saturated carbocycles. The van der Waals surface area contributed by atoms with Crippen LogP contribution in [0.2, 0.25) is 0 Å². The number of aromatic nitrogens is 1. The van der Waals surface area contributed by atoms with Crippen molar-refractivity contribution in [2.24, 2.45) is 0 Å². The van der Waals surface area contributed by atoms with Gasteiger partial charge in [0.2, 0.25) is 0 Å². The van der Waals surface area contributed by atoms with Gasteiger partial charge in [-0.3, -0.25) is 9.78 Å². The number of carbonyl (C=O) groups excluding carboxylic acids is 1. The molecular weight excluding hydrogens is 494 g/mol. The number of fused-ring (bicyclic) bond motifs is 1. The Kier molecular flexibility index (Phi) is 7.52. The molecule has 3 heterocycles. The Morgan fingerprint density at radius 3 is 2.53 bits per heavy atom. The van der Waals surface area contributed by atoms with E-state index in [1.54, 1.807) is 37.6 Å². The standard InChI is InChI=1S/C27H26N2O3S.C4H9N/c1-16-6-7-19(32-3)15-21(16)26(31)29-27(10-11-27)22-13-18(14-23-20(22)5-4-12-28-23)25-9-8-24(33-25)17(2)30;1-5-3-2-4-5/h4-9,12-15,17,30H,10-11H2,1-3H3,(H,29,31);2-4H2,1H3. The smallest absolute Gasteiger partial charge is 0.252 e. The number of aryl methyl sites for hydroxylation is 1. The Balaban J connectivity index is 0.000000529. The second-order valence-corrected chi connectivity index (χ2v) is 11.5. The number of nitrogens with one attached hydrogen (secondary N) is 1. The lowest BCUT2D eigenvalue weighted by molar-refractivity contribution is 0.0930. The first kappa shape index (κ1) is 26.4. The summed E-state index contributed by atoms with van der Waals surface area (Å²) in [5.41, 5.74) is 4.15. The number of rotatable bonds is 6. The van der Waals surface area contributed by atoms with E-state index >= 15 is 0 Å². The van der Waals surface area contributed by atoms with Gasteiger partial charge >= 0.3 is 0 Å². The summed E-state index contributed by atoms with van der Waals surface area (Å²) in [7, 11) is 3.75. The lowest BCUT2D eigenvalue weighted by atomic mass is 9.95.